The molecule has 0 aliphatic rings. The second kappa shape index (κ2) is 4.95. The van der Waals surface area contributed by atoms with Gasteiger partial charge >= 0.3 is 0 Å². The van der Waals surface area contributed by atoms with Gasteiger partial charge in [0.1, 0.15) is 5.82 Å². The lowest BCUT2D eigenvalue weighted by Gasteiger charge is -2.11. The number of nitrogens with zero attached hydrogens (tertiary/aromatic N) is 2. The molecule has 0 aliphatic heterocycles. The highest BCUT2D eigenvalue weighted by Gasteiger charge is 2.16. The number of aryl methyl sites for hydroxylation is 2. The molecule has 1 atom stereocenters. The second-order valence-corrected chi connectivity index (χ2v) is 5.91. The molecule has 0 fully saturated rings. The molecule has 0 N–H and O–H groups in total. The van der Waals surface area contributed by atoms with Crippen LogP contribution >= 0.6 is 11.6 Å². The molecule has 20 heavy (non-hydrogen) atoms. The fourth-order valence-corrected chi connectivity index (χ4v) is 2.66. The first kappa shape index (κ1) is 13.2. The summed E-state index contributed by atoms with van der Waals surface area (Å²) in [5.41, 5.74) is 5.64. The van der Waals surface area contributed by atoms with Gasteiger partial charge in [-0.1, -0.05) is 18.2 Å². The van der Waals surface area contributed by atoms with E-state index in [-0.39, 0.29) is 5.38 Å². The summed E-state index contributed by atoms with van der Waals surface area (Å²) in [6.07, 6.45) is 0. The molecule has 1 aromatic heterocycles. The molecule has 2 aromatic carbocycles. The minimum atomic E-state index is -0.136. The Morgan fingerprint density at radius 1 is 1.05 bits per heavy atom. The third-order valence-electron chi connectivity index (χ3n) is 3.45. The maximum Gasteiger partial charge on any atom is 0.132 e. The highest BCUT2D eigenvalue weighted by molar-refractivity contribution is 6.20. The van der Waals surface area contributed by atoms with Crippen molar-refractivity contribution in [1.82, 2.24) is 9.55 Å². The summed E-state index contributed by atoms with van der Waals surface area (Å²) in [6, 6.07) is 14.7. The van der Waals surface area contributed by atoms with Gasteiger partial charge in [-0.2, -0.15) is 0 Å². The Kier molecular flexibility index (Phi) is 3.27. The maximum absolute atomic E-state index is 6.33. The largest absolute Gasteiger partial charge is 0.295 e. The fourth-order valence-electron chi connectivity index (χ4n) is 2.51. The van der Waals surface area contributed by atoms with Gasteiger partial charge in [0.05, 0.1) is 16.4 Å². The summed E-state index contributed by atoms with van der Waals surface area (Å²) in [7, 11) is 0. The van der Waals surface area contributed by atoms with Gasteiger partial charge in [-0.05, 0) is 56.2 Å². The molecular formula is C17H17ClN2. The molecule has 102 valence electrons. The van der Waals surface area contributed by atoms with Crippen LogP contribution in [-0.4, -0.2) is 9.55 Å². The van der Waals surface area contributed by atoms with Crippen LogP contribution < -0.4 is 0 Å². The molecule has 0 saturated heterocycles. The molecule has 0 amide bonds. The maximum atomic E-state index is 6.33. The van der Waals surface area contributed by atoms with Gasteiger partial charge in [-0.3, -0.25) is 4.57 Å². The standard InChI is InChI=1S/C17H17ClN2/c1-11-5-4-6-14(9-11)20-16-8-7-12(2)10-15(16)19-17(20)13(3)18/h4-10,13H,1-3H3. The van der Waals surface area contributed by atoms with Crippen LogP contribution in [0.25, 0.3) is 16.7 Å². The van der Waals surface area contributed by atoms with E-state index in [1.807, 2.05) is 6.92 Å². The Hall–Kier alpha value is -1.80. The average molecular weight is 285 g/mol. The van der Waals surface area contributed by atoms with E-state index in [1.54, 1.807) is 0 Å². The first-order valence-corrected chi connectivity index (χ1v) is 7.20. The van der Waals surface area contributed by atoms with Crippen LogP contribution in [0.2, 0.25) is 0 Å². The average Bonchev–Trinajstić information content (AvgIpc) is 2.77. The SMILES string of the molecule is Cc1cccc(-n2c(C(C)Cl)nc3cc(C)ccc32)c1. The van der Waals surface area contributed by atoms with E-state index < -0.39 is 0 Å². The molecule has 1 unspecified atom stereocenters. The molecule has 0 aliphatic carbocycles. The van der Waals surface area contributed by atoms with Gasteiger partial charge in [-0.15, -0.1) is 11.6 Å². The zero-order chi connectivity index (χ0) is 14.3. The van der Waals surface area contributed by atoms with E-state index in [0.29, 0.717) is 0 Å². The number of rotatable bonds is 2. The summed E-state index contributed by atoms with van der Waals surface area (Å²) in [5.74, 6) is 0.887. The lowest BCUT2D eigenvalue weighted by atomic mass is 10.2. The summed E-state index contributed by atoms with van der Waals surface area (Å²) < 4.78 is 2.15. The Morgan fingerprint density at radius 2 is 1.80 bits per heavy atom. The molecule has 0 radical (unpaired) electrons. The smallest absolute Gasteiger partial charge is 0.132 e. The van der Waals surface area contributed by atoms with E-state index in [0.717, 1.165) is 22.5 Å². The van der Waals surface area contributed by atoms with Crippen LogP contribution in [-0.2, 0) is 0 Å². The van der Waals surface area contributed by atoms with Crippen LogP contribution in [0, 0.1) is 13.8 Å². The zero-order valence-electron chi connectivity index (χ0n) is 11.9. The molecule has 0 spiro atoms. The third kappa shape index (κ3) is 2.20. The number of fused-ring (bicyclic) bond motifs is 1. The first-order valence-electron chi connectivity index (χ1n) is 6.76. The van der Waals surface area contributed by atoms with Crippen molar-refractivity contribution < 1.29 is 0 Å². The lowest BCUT2D eigenvalue weighted by molar-refractivity contribution is 0.882. The van der Waals surface area contributed by atoms with Crippen LogP contribution in [0.4, 0.5) is 0 Å². The van der Waals surface area contributed by atoms with Crippen LogP contribution in [0.15, 0.2) is 42.5 Å². The molecule has 0 saturated carbocycles. The molecule has 1 heterocycles. The number of halogens is 1. The van der Waals surface area contributed by atoms with Crippen molar-refractivity contribution in [3.8, 4) is 5.69 Å². The quantitative estimate of drug-likeness (QED) is 0.609. The minimum Gasteiger partial charge on any atom is -0.295 e. The molecule has 3 aromatic rings. The van der Waals surface area contributed by atoms with Crippen LogP contribution in [0.5, 0.6) is 0 Å². The number of hydrogen-bond acceptors (Lipinski definition) is 1. The van der Waals surface area contributed by atoms with Gasteiger partial charge < -0.3 is 0 Å². The molecule has 3 heteroatoms. The Balaban J connectivity index is 2.34. The monoisotopic (exact) mass is 284 g/mol. The molecular weight excluding hydrogens is 268 g/mol. The number of aromatic nitrogens is 2. The number of alkyl halides is 1. The van der Waals surface area contributed by atoms with Gasteiger partial charge in [0.2, 0.25) is 0 Å². The summed E-state index contributed by atoms with van der Waals surface area (Å²) in [6.45, 7) is 6.13. The van der Waals surface area contributed by atoms with Crippen LogP contribution in [0.1, 0.15) is 29.3 Å². The Labute approximate surface area is 124 Å². The fraction of sp³-hybridized carbons (Fsp3) is 0.235. The summed E-state index contributed by atoms with van der Waals surface area (Å²) in [4.78, 5) is 4.71. The summed E-state index contributed by atoms with van der Waals surface area (Å²) in [5, 5.41) is -0.136. The van der Waals surface area contributed by atoms with Crippen molar-refractivity contribution in [3.05, 3.63) is 59.4 Å². The van der Waals surface area contributed by atoms with E-state index in [2.05, 4.69) is 60.9 Å². The van der Waals surface area contributed by atoms with Gasteiger partial charge in [0.25, 0.3) is 0 Å². The van der Waals surface area contributed by atoms with Crippen molar-refractivity contribution in [2.45, 2.75) is 26.1 Å². The second-order valence-electron chi connectivity index (χ2n) is 5.25. The van der Waals surface area contributed by atoms with Crippen molar-refractivity contribution in [3.63, 3.8) is 0 Å². The topological polar surface area (TPSA) is 17.8 Å². The number of hydrogen-bond donors (Lipinski definition) is 0. The molecule has 3 rings (SSSR count). The number of imidazole rings is 1. The lowest BCUT2D eigenvalue weighted by Crippen LogP contribution is -2.02. The van der Waals surface area contributed by atoms with Gasteiger partial charge in [-0.25, -0.2) is 4.98 Å². The van der Waals surface area contributed by atoms with Gasteiger partial charge in [0.15, 0.2) is 0 Å². The highest BCUT2D eigenvalue weighted by atomic mass is 35.5. The molecule has 0 bridgehead atoms. The number of benzene rings is 2. The van der Waals surface area contributed by atoms with Crippen molar-refractivity contribution in [2.75, 3.05) is 0 Å². The Morgan fingerprint density at radius 3 is 2.50 bits per heavy atom. The predicted molar refractivity (Wildman–Crippen MR) is 84.8 cm³/mol. The van der Waals surface area contributed by atoms with E-state index in [9.17, 15) is 0 Å². The zero-order valence-corrected chi connectivity index (χ0v) is 12.6. The highest BCUT2D eigenvalue weighted by Crippen LogP contribution is 2.28. The first-order chi connectivity index (χ1) is 9.56. The van der Waals surface area contributed by atoms with Crippen LogP contribution in [0.3, 0.4) is 0 Å². The van der Waals surface area contributed by atoms with E-state index >= 15 is 0 Å². The third-order valence-corrected chi connectivity index (χ3v) is 3.65. The Bertz CT molecular complexity index is 772. The normalized spacial score (nSPS) is 12.8. The predicted octanol–water partition coefficient (Wildman–Crippen LogP) is 4.94. The van der Waals surface area contributed by atoms with Gasteiger partial charge in [0, 0.05) is 5.69 Å². The van der Waals surface area contributed by atoms with E-state index in [1.165, 1.54) is 11.1 Å². The summed E-state index contributed by atoms with van der Waals surface area (Å²) >= 11 is 6.33. The van der Waals surface area contributed by atoms with Crippen molar-refractivity contribution in [2.24, 2.45) is 0 Å². The molecule has 2 nitrogen and oxygen atoms in total. The van der Waals surface area contributed by atoms with E-state index in [4.69, 9.17) is 16.6 Å². The van der Waals surface area contributed by atoms with Crippen molar-refractivity contribution in [1.29, 1.82) is 0 Å². The van der Waals surface area contributed by atoms with Crippen molar-refractivity contribution >= 4 is 22.6 Å². The minimum absolute atomic E-state index is 0.136.